The third kappa shape index (κ3) is 3.90. The molecular formula is C24H15F3N2O5. The zero-order valence-electron chi connectivity index (χ0n) is 17.2. The van der Waals surface area contributed by atoms with Gasteiger partial charge in [0.1, 0.15) is 11.3 Å². The third-order valence-corrected chi connectivity index (χ3v) is 5.15. The van der Waals surface area contributed by atoms with Crippen molar-refractivity contribution in [1.29, 1.82) is 0 Å². The second-order valence-electron chi connectivity index (χ2n) is 7.32. The maximum absolute atomic E-state index is 13.4. The smallest absolute Gasteiger partial charge is 0.417 e. The van der Waals surface area contributed by atoms with Gasteiger partial charge in [0.15, 0.2) is 11.5 Å². The summed E-state index contributed by atoms with van der Waals surface area (Å²) in [7, 11) is 0. The van der Waals surface area contributed by atoms with Crippen LogP contribution in [0.1, 0.15) is 26.5 Å². The monoisotopic (exact) mass is 468 g/mol. The van der Waals surface area contributed by atoms with Gasteiger partial charge in [0.25, 0.3) is 11.8 Å². The van der Waals surface area contributed by atoms with Crippen LogP contribution in [0.4, 0.5) is 24.5 Å². The summed E-state index contributed by atoms with van der Waals surface area (Å²) in [5.41, 5.74) is -1.07. The highest BCUT2D eigenvalue weighted by atomic mass is 19.4. The Bertz CT molecular complexity index is 1430. The number of anilines is 2. The molecule has 4 aromatic rings. The summed E-state index contributed by atoms with van der Waals surface area (Å²) in [5, 5.41) is 5.43. The summed E-state index contributed by atoms with van der Waals surface area (Å²) in [6.45, 7) is 0.0614. The highest BCUT2D eigenvalue weighted by Crippen LogP contribution is 2.37. The van der Waals surface area contributed by atoms with E-state index in [0.29, 0.717) is 22.6 Å². The number of benzene rings is 3. The first-order chi connectivity index (χ1) is 16.3. The standard InChI is InChI=1S/C24H15F3N2O5/c25-24(26,27)16-7-3-1-5-14(16)22(30)29-20-15-6-2-4-8-17(15)34-21(20)23(31)28-13-9-10-18-19(11-13)33-12-32-18/h1-11H,12H2,(H,28,31)(H,29,30). The van der Waals surface area contributed by atoms with E-state index in [4.69, 9.17) is 13.9 Å². The van der Waals surface area contributed by atoms with E-state index in [-0.39, 0.29) is 23.8 Å². The fraction of sp³-hybridized carbons (Fsp3) is 0.0833. The number of carbonyl (C=O) groups excluding carboxylic acids is 2. The Labute approximate surface area is 190 Å². The van der Waals surface area contributed by atoms with E-state index in [0.717, 1.165) is 12.1 Å². The normalized spacial score (nSPS) is 12.6. The van der Waals surface area contributed by atoms with E-state index < -0.39 is 29.1 Å². The van der Waals surface area contributed by atoms with E-state index in [2.05, 4.69) is 10.6 Å². The Morgan fingerprint density at radius 3 is 2.38 bits per heavy atom. The van der Waals surface area contributed by atoms with Gasteiger partial charge in [-0.3, -0.25) is 9.59 Å². The second-order valence-corrected chi connectivity index (χ2v) is 7.32. The number of rotatable bonds is 4. The number of furan rings is 1. The Morgan fingerprint density at radius 2 is 1.56 bits per heavy atom. The van der Waals surface area contributed by atoms with Gasteiger partial charge in [-0.25, -0.2) is 0 Å². The van der Waals surface area contributed by atoms with Crippen LogP contribution < -0.4 is 20.1 Å². The van der Waals surface area contributed by atoms with Crippen LogP contribution >= 0.6 is 0 Å². The van der Waals surface area contributed by atoms with Crippen molar-refractivity contribution in [3.05, 3.63) is 83.6 Å². The highest BCUT2D eigenvalue weighted by molar-refractivity contribution is 6.17. The predicted octanol–water partition coefficient (Wildman–Crippen LogP) is 5.68. The van der Waals surface area contributed by atoms with Crippen molar-refractivity contribution in [2.45, 2.75) is 6.18 Å². The summed E-state index contributed by atoms with van der Waals surface area (Å²) >= 11 is 0. The molecule has 1 aliphatic rings. The molecule has 0 saturated carbocycles. The van der Waals surface area contributed by atoms with Gasteiger partial charge < -0.3 is 24.5 Å². The molecule has 0 unspecified atom stereocenters. The molecule has 0 saturated heterocycles. The molecule has 172 valence electrons. The van der Waals surface area contributed by atoms with Crippen LogP contribution in [0.2, 0.25) is 0 Å². The minimum absolute atomic E-state index is 0.0455. The van der Waals surface area contributed by atoms with Crippen molar-refractivity contribution in [2.24, 2.45) is 0 Å². The van der Waals surface area contributed by atoms with Gasteiger partial charge in [0, 0.05) is 17.1 Å². The molecule has 0 aliphatic carbocycles. The van der Waals surface area contributed by atoms with Crippen molar-refractivity contribution < 1.29 is 36.7 Å². The number of halogens is 3. The van der Waals surface area contributed by atoms with Crippen LogP contribution in [0, 0.1) is 0 Å². The van der Waals surface area contributed by atoms with Gasteiger partial charge in [-0.15, -0.1) is 0 Å². The molecule has 2 heterocycles. The minimum Gasteiger partial charge on any atom is -0.454 e. The van der Waals surface area contributed by atoms with Crippen molar-refractivity contribution in [1.82, 2.24) is 0 Å². The van der Waals surface area contributed by atoms with Crippen molar-refractivity contribution in [3.8, 4) is 11.5 Å². The van der Waals surface area contributed by atoms with E-state index in [9.17, 15) is 22.8 Å². The Morgan fingerprint density at radius 1 is 0.824 bits per heavy atom. The maximum Gasteiger partial charge on any atom is 0.417 e. The Kier molecular flexibility index (Phi) is 5.12. The molecule has 0 atom stereocenters. The van der Waals surface area contributed by atoms with E-state index in [1.54, 1.807) is 42.5 Å². The maximum atomic E-state index is 13.4. The van der Waals surface area contributed by atoms with Crippen LogP contribution in [0.5, 0.6) is 11.5 Å². The second kappa shape index (κ2) is 8.14. The lowest BCUT2D eigenvalue weighted by Gasteiger charge is -2.13. The first-order valence-corrected chi connectivity index (χ1v) is 10.0. The van der Waals surface area contributed by atoms with E-state index in [1.165, 1.54) is 12.1 Å². The van der Waals surface area contributed by atoms with E-state index in [1.807, 2.05) is 0 Å². The summed E-state index contributed by atoms with van der Waals surface area (Å²) in [4.78, 5) is 25.9. The number of fused-ring (bicyclic) bond motifs is 2. The number of amides is 2. The molecule has 0 spiro atoms. The fourth-order valence-electron chi connectivity index (χ4n) is 3.60. The van der Waals surface area contributed by atoms with Gasteiger partial charge in [0.2, 0.25) is 12.6 Å². The summed E-state index contributed by atoms with van der Waals surface area (Å²) in [5.74, 6) is -1.04. The topological polar surface area (TPSA) is 89.8 Å². The molecular weight excluding hydrogens is 453 g/mol. The average Bonchev–Trinajstić information content (AvgIpc) is 3.43. The number of ether oxygens (including phenoxy) is 2. The number of carbonyl (C=O) groups is 2. The quantitative estimate of drug-likeness (QED) is 0.402. The molecule has 0 bridgehead atoms. The summed E-state index contributed by atoms with van der Waals surface area (Å²) in [6, 6.07) is 15.6. The Balaban J connectivity index is 1.50. The summed E-state index contributed by atoms with van der Waals surface area (Å²) < 4.78 is 56.4. The molecule has 0 fully saturated rings. The van der Waals surface area contributed by atoms with Crippen LogP contribution in [-0.4, -0.2) is 18.6 Å². The first kappa shape index (κ1) is 21.4. The SMILES string of the molecule is O=C(Nc1c(C(=O)Nc2ccc3c(c2)OCO3)oc2ccccc12)c1ccccc1C(F)(F)F. The van der Waals surface area contributed by atoms with Gasteiger partial charge in [0.05, 0.1) is 11.1 Å². The molecule has 2 N–H and O–H groups in total. The largest absolute Gasteiger partial charge is 0.454 e. The third-order valence-electron chi connectivity index (χ3n) is 5.15. The average molecular weight is 468 g/mol. The first-order valence-electron chi connectivity index (χ1n) is 10.0. The molecule has 3 aromatic carbocycles. The number of nitrogens with one attached hydrogen (secondary N) is 2. The molecule has 1 aliphatic heterocycles. The highest BCUT2D eigenvalue weighted by Gasteiger charge is 2.35. The molecule has 2 amide bonds. The fourth-order valence-corrected chi connectivity index (χ4v) is 3.60. The zero-order chi connectivity index (χ0) is 23.9. The van der Waals surface area contributed by atoms with Gasteiger partial charge in [-0.1, -0.05) is 24.3 Å². The Hall–Kier alpha value is -4.47. The molecule has 34 heavy (non-hydrogen) atoms. The zero-order valence-corrected chi connectivity index (χ0v) is 17.2. The van der Waals surface area contributed by atoms with Gasteiger partial charge in [-0.2, -0.15) is 13.2 Å². The molecule has 5 rings (SSSR count). The summed E-state index contributed by atoms with van der Waals surface area (Å²) in [6.07, 6.45) is -4.73. The number of alkyl halides is 3. The molecule has 1 aromatic heterocycles. The lowest BCUT2D eigenvalue weighted by atomic mass is 10.1. The van der Waals surface area contributed by atoms with Crippen molar-refractivity contribution in [3.63, 3.8) is 0 Å². The van der Waals surface area contributed by atoms with Crippen molar-refractivity contribution >= 4 is 34.2 Å². The van der Waals surface area contributed by atoms with Crippen molar-refractivity contribution in [2.75, 3.05) is 17.4 Å². The lowest BCUT2D eigenvalue weighted by Crippen LogP contribution is -2.20. The minimum atomic E-state index is -4.73. The predicted molar refractivity (Wildman–Crippen MR) is 116 cm³/mol. The molecule has 0 radical (unpaired) electrons. The lowest BCUT2D eigenvalue weighted by molar-refractivity contribution is -0.137. The molecule has 7 nitrogen and oxygen atoms in total. The van der Waals surface area contributed by atoms with E-state index >= 15 is 0 Å². The van der Waals surface area contributed by atoms with Crippen LogP contribution in [0.15, 0.2) is 71.1 Å². The molecule has 10 heteroatoms. The van der Waals surface area contributed by atoms with Crippen LogP contribution in [0.3, 0.4) is 0 Å². The van der Waals surface area contributed by atoms with Crippen LogP contribution in [0.25, 0.3) is 11.0 Å². The van der Waals surface area contributed by atoms with Gasteiger partial charge >= 0.3 is 6.18 Å². The number of hydrogen-bond acceptors (Lipinski definition) is 5. The number of para-hydroxylation sites is 1. The number of hydrogen-bond donors (Lipinski definition) is 2. The van der Waals surface area contributed by atoms with Crippen LogP contribution in [-0.2, 0) is 6.18 Å². The van der Waals surface area contributed by atoms with Gasteiger partial charge in [-0.05, 0) is 36.4 Å².